The summed E-state index contributed by atoms with van der Waals surface area (Å²) < 4.78 is 0. The molecule has 4 rings (SSSR count). The molecule has 0 aromatic carbocycles. The summed E-state index contributed by atoms with van der Waals surface area (Å²) in [6, 6.07) is 0. The van der Waals surface area contributed by atoms with Crippen LogP contribution in [0.25, 0.3) is 0 Å². The van der Waals surface area contributed by atoms with Crippen LogP contribution in [0.5, 0.6) is 0 Å². The van der Waals surface area contributed by atoms with E-state index in [1.165, 1.54) is 78.6 Å². The number of carbonyl (C=O) groups is 3. The highest BCUT2D eigenvalue weighted by molar-refractivity contribution is 6.11. The lowest BCUT2D eigenvalue weighted by atomic mass is 9.44. The zero-order valence-electron chi connectivity index (χ0n) is 22.5. The van der Waals surface area contributed by atoms with Crippen molar-refractivity contribution in [2.24, 2.45) is 52.3 Å². The Morgan fingerprint density at radius 2 is 1.50 bits per heavy atom. The molecule has 0 spiro atoms. The highest BCUT2D eigenvalue weighted by Gasteiger charge is 2.60. The summed E-state index contributed by atoms with van der Waals surface area (Å²) in [5, 5.41) is 11.1. The standard InChI is InChI=1S/C30H48O4/c1-18(17-27(19(2)31)30(34,20(3)32)21(4)33)24-12-13-25-23-11-10-22-9-7-8-15-28(22,5)26(23)14-16-29(24,25)6/h18,22-27,34H,7-17H2,1-6H3/t18-,22?,23+,24-,25+,26+,27?,28+,29-/m1/s1. The lowest BCUT2D eigenvalue weighted by molar-refractivity contribution is -0.160. The number of carbonyl (C=O) groups excluding carboxylic acids is 3. The lowest BCUT2D eigenvalue weighted by Crippen LogP contribution is -2.54. The van der Waals surface area contributed by atoms with Crippen molar-refractivity contribution in [2.75, 3.05) is 0 Å². The van der Waals surface area contributed by atoms with Gasteiger partial charge in [-0.25, -0.2) is 0 Å². The Bertz CT molecular complexity index is 818. The van der Waals surface area contributed by atoms with Crippen molar-refractivity contribution >= 4 is 17.3 Å². The molecule has 192 valence electrons. The lowest BCUT2D eigenvalue weighted by Gasteiger charge is -2.61. The first-order valence-corrected chi connectivity index (χ1v) is 14.1. The van der Waals surface area contributed by atoms with Gasteiger partial charge in [0.1, 0.15) is 5.78 Å². The Kier molecular flexibility index (Phi) is 6.99. The molecule has 0 aromatic rings. The minimum Gasteiger partial charge on any atom is -0.374 e. The van der Waals surface area contributed by atoms with Crippen LogP contribution in [0, 0.1) is 52.3 Å². The number of rotatable bonds is 7. The quantitative estimate of drug-likeness (QED) is 0.449. The molecule has 1 N–H and O–H groups in total. The maximum absolute atomic E-state index is 12.6. The van der Waals surface area contributed by atoms with Gasteiger partial charge in [-0.05, 0) is 125 Å². The maximum atomic E-state index is 12.6. The van der Waals surface area contributed by atoms with Crippen LogP contribution in [-0.2, 0) is 14.4 Å². The molecule has 4 heteroatoms. The summed E-state index contributed by atoms with van der Waals surface area (Å²) in [5.74, 6) is 1.59. The Morgan fingerprint density at radius 1 is 0.853 bits per heavy atom. The average molecular weight is 473 g/mol. The number of aliphatic hydroxyl groups is 1. The second kappa shape index (κ2) is 9.12. The predicted octanol–water partition coefficient (Wildman–Crippen LogP) is 6.18. The van der Waals surface area contributed by atoms with E-state index >= 15 is 0 Å². The summed E-state index contributed by atoms with van der Waals surface area (Å²) in [4.78, 5) is 37.3. The van der Waals surface area contributed by atoms with Crippen molar-refractivity contribution < 1.29 is 19.5 Å². The molecular weight excluding hydrogens is 424 g/mol. The van der Waals surface area contributed by atoms with E-state index in [4.69, 9.17) is 0 Å². The SMILES string of the molecule is CC(=O)C(C[C@@H](C)[C@H]1CC[C@H]2[C@@H]3CCC4CCCC[C@]4(C)[C@H]3CC[C@]12C)C(O)(C(C)=O)C(C)=O. The summed E-state index contributed by atoms with van der Waals surface area (Å²) in [6.07, 6.45) is 13.9. The van der Waals surface area contributed by atoms with Crippen molar-refractivity contribution in [3.05, 3.63) is 0 Å². The first kappa shape index (κ1) is 26.0. The summed E-state index contributed by atoms with van der Waals surface area (Å²) in [6.45, 7) is 11.2. The minimum absolute atomic E-state index is 0.187. The fourth-order valence-corrected chi connectivity index (χ4v) is 10.2. The van der Waals surface area contributed by atoms with Crippen molar-refractivity contribution in [3.8, 4) is 0 Å². The van der Waals surface area contributed by atoms with Crippen molar-refractivity contribution in [3.63, 3.8) is 0 Å². The normalized spacial score (nSPS) is 41.6. The molecule has 0 aliphatic heterocycles. The van der Waals surface area contributed by atoms with E-state index in [2.05, 4.69) is 20.8 Å². The van der Waals surface area contributed by atoms with E-state index in [1.807, 2.05) is 0 Å². The highest BCUT2D eigenvalue weighted by Crippen LogP contribution is 2.68. The van der Waals surface area contributed by atoms with Gasteiger partial charge in [-0.15, -0.1) is 0 Å². The average Bonchev–Trinajstić information content (AvgIpc) is 3.13. The van der Waals surface area contributed by atoms with Crippen LogP contribution >= 0.6 is 0 Å². The number of hydrogen-bond donors (Lipinski definition) is 1. The Labute approximate surface area is 207 Å². The van der Waals surface area contributed by atoms with Crippen LogP contribution in [0.4, 0.5) is 0 Å². The molecule has 4 fully saturated rings. The molecule has 0 bridgehead atoms. The molecule has 4 nitrogen and oxygen atoms in total. The maximum Gasteiger partial charge on any atom is 0.190 e. The minimum atomic E-state index is -2.19. The van der Waals surface area contributed by atoms with Crippen LogP contribution in [0.1, 0.15) is 112 Å². The topological polar surface area (TPSA) is 71.4 Å². The van der Waals surface area contributed by atoms with Gasteiger partial charge in [0.15, 0.2) is 17.2 Å². The monoisotopic (exact) mass is 472 g/mol. The van der Waals surface area contributed by atoms with Crippen LogP contribution in [0.15, 0.2) is 0 Å². The third-order valence-electron chi connectivity index (χ3n) is 12.0. The van der Waals surface area contributed by atoms with Gasteiger partial charge in [-0.1, -0.05) is 33.6 Å². The van der Waals surface area contributed by atoms with Gasteiger partial charge in [0, 0.05) is 0 Å². The summed E-state index contributed by atoms with van der Waals surface area (Å²) in [7, 11) is 0. The molecule has 34 heavy (non-hydrogen) atoms. The van der Waals surface area contributed by atoms with Gasteiger partial charge in [-0.2, -0.15) is 0 Å². The smallest absolute Gasteiger partial charge is 0.190 e. The highest BCUT2D eigenvalue weighted by atomic mass is 16.3. The Morgan fingerprint density at radius 3 is 2.12 bits per heavy atom. The molecule has 4 saturated carbocycles. The molecule has 4 aliphatic carbocycles. The van der Waals surface area contributed by atoms with Gasteiger partial charge >= 0.3 is 0 Å². The largest absolute Gasteiger partial charge is 0.374 e. The summed E-state index contributed by atoms with van der Waals surface area (Å²) in [5.41, 5.74) is -1.40. The molecule has 2 unspecified atom stereocenters. The van der Waals surface area contributed by atoms with E-state index in [1.54, 1.807) is 0 Å². The molecule has 0 aromatic heterocycles. The predicted molar refractivity (Wildman–Crippen MR) is 134 cm³/mol. The van der Waals surface area contributed by atoms with Gasteiger partial charge in [0.25, 0.3) is 0 Å². The zero-order valence-corrected chi connectivity index (χ0v) is 22.5. The van der Waals surface area contributed by atoms with E-state index in [-0.39, 0.29) is 17.1 Å². The van der Waals surface area contributed by atoms with Crippen molar-refractivity contribution in [2.45, 2.75) is 118 Å². The van der Waals surface area contributed by atoms with Crippen LogP contribution < -0.4 is 0 Å². The van der Waals surface area contributed by atoms with E-state index in [0.29, 0.717) is 17.8 Å². The fourth-order valence-electron chi connectivity index (χ4n) is 10.2. The van der Waals surface area contributed by atoms with E-state index < -0.39 is 23.1 Å². The Balaban J connectivity index is 1.54. The van der Waals surface area contributed by atoms with Crippen molar-refractivity contribution in [1.29, 1.82) is 0 Å². The molecule has 0 amide bonds. The van der Waals surface area contributed by atoms with Gasteiger partial charge in [0.2, 0.25) is 0 Å². The number of Topliss-reactive ketones (excluding diaryl/α,β-unsaturated/α-hetero) is 3. The molecule has 0 radical (unpaired) electrons. The summed E-state index contributed by atoms with van der Waals surface area (Å²) >= 11 is 0. The fraction of sp³-hybridized carbons (Fsp3) is 0.900. The van der Waals surface area contributed by atoms with Crippen molar-refractivity contribution in [1.82, 2.24) is 0 Å². The van der Waals surface area contributed by atoms with Crippen LogP contribution in [-0.4, -0.2) is 28.1 Å². The van der Waals surface area contributed by atoms with E-state index in [9.17, 15) is 19.5 Å². The molecule has 4 aliphatic rings. The second-order valence-corrected chi connectivity index (χ2v) is 13.4. The van der Waals surface area contributed by atoms with Crippen LogP contribution in [0.3, 0.4) is 0 Å². The first-order chi connectivity index (χ1) is 15.9. The third-order valence-corrected chi connectivity index (χ3v) is 12.0. The zero-order chi connectivity index (χ0) is 25.1. The first-order valence-electron chi connectivity index (χ1n) is 14.1. The molecule has 0 heterocycles. The molecule has 0 saturated heterocycles. The number of fused-ring (bicyclic) bond motifs is 5. The third kappa shape index (κ3) is 3.85. The van der Waals surface area contributed by atoms with Gasteiger partial charge in [0.05, 0.1) is 5.92 Å². The molecule has 9 atom stereocenters. The van der Waals surface area contributed by atoms with Gasteiger partial charge < -0.3 is 5.11 Å². The van der Waals surface area contributed by atoms with Gasteiger partial charge in [-0.3, -0.25) is 14.4 Å². The van der Waals surface area contributed by atoms with Crippen LogP contribution in [0.2, 0.25) is 0 Å². The molecular formula is C30H48O4. The van der Waals surface area contributed by atoms with E-state index in [0.717, 1.165) is 30.1 Å². The Hall–Kier alpha value is -1.03. The number of ketones is 3. The number of hydrogen-bond acceptors (Lipinski definition) is 4. The second-order valence-electron chi connectivity index (χ2n) is 13.4.